The molecule has 1 heterocycles. The fourth-order valence-corrected chi connectivity index (χ4v) is 2.16. The second kappa shape index (κ2) is 4.56. The maximum absolute atomic E-state index is 11.9. The predicted molar refractivity (Wildman–Crippen MR) is 66.4 cm³/mol. The third-order valence-electron chi connectivity index (χ3n) is 3.05. The van der Waals surface area contributed by atoms with E-state index in [0.29, 0.717) is 12.1 Å². The van der Waals surface area contributed by atoms with E-state index in [0.717, 1.165) is 37.1 Å². The van der Waals surface area contributed by atoms with Crippen molar-refractivity contribution < 1.29 is 4.79 Å². The van der Waals surface area contributed by atoms with Gasteiger partial charge in [-0.3, -0.25) is 4.79 Å². The molecule has 16 heavy (non-hydrogen) atoms. The molecule has 1 fully saturated rings. The Balaban J connectivity index is 2.30. The number of amides is 1. The molecular formula is C13H18N2O. The van der Waals surface area contributed by atoms with Crippen LogP contribution in [0.5, 0.6) is 0 Å². The zero-order valence-electron chi connectivity index (χ0n) is 9.70. The molecule has 2 rings (SSSR count). The van der Waals surface area contributed by atoms with Gasteiger partial charge in [0.15, 0.2) is 0 Å². The highest BCUT2D eigenvalue weighted by Gasteiger charge is 2.19. The Labute approximate surface area is 96.2 Å². The summed E-state index contributed by atoms with van der Waals surface area (Å²) in [6.45, 7) is 2.80. The number of nitrogens with two attached hydrogens (primary N) is 1. The Morgan fingerprint density at radius 2 is 2.06 bits per heavy atom. The number of hydrogen-bond donors (Lipinski definition) is 1. The average molecular weight is 218 g/mol. The van der Waals surface area contributed by atoms with Gasteiger partial charge in [0.05, 0.1) is 11.4 Å². The van der Waals surface area contributed by atoms with Crippen molar-refractivity contribution in [2.75, 3.05) is 17.2 Å². The Hall–Kier alpha value is -1.51. The first-order chi connectivity index (χ1) is 7.68. The van der Waals surface area contributed by atoms with E-state index in [2.05, 4.69) is 0 Å². The monoisotopic (exact) mass is 218 g/mol. The van der Waals surface area contributed by atoms with Gasteiger partial charge >= 0.3 is 0 Å². The standard InChI is InChI=1S/C13H18N2O/c1-10-6-7-12(11(14)9-10)15-8-4-2-3-5-13(15)16/h6-7,9H,2-5,8,14H2,1H3. The molecule has 0 aromatic heterocycles. The Morgan fingerprint density at radius 1 is 1.25 bits per heavy atom. The molecule has 1 aromatic rings. The molecule has 0 saturated carbocycles. The topological polar surface area (TPSA) is 46.3 Å². The first-order valence-electron chi connectivity index (χ1n) is 5.85. The molecule has 1 aliphatic rings. The van der Waals surface area contributed by atoms with Gasteiger partial charge in [-0.25, -0.2) is 0 Å². The molecule has 86 valence electrons. The number of nitrogens with zero attached hydrogens (tertiary/aromatic N) is 1. The summed E-state index contributed by atoms with van der Waals surface area (Å²) >= 11 is 0. The molecule has 1 amide bonds. The average Bonchev–Trinajstić information content (AvgIpc) is 2.44. The van der Waals surface area contributed by atoms with Crippen molar-refractivity contribution in [1.82, 2.24) is 0 Å². The van der Waals surface area contributed by atoms with Crippen LogP contribution in [-0.4, -0.2) is 12.5 Å². The largest absolute Gasteiger partial charge is 0.397 e. The third kappa shape index (κ3) is 2.18. The lowest BCUT2D eigenvalue weighted by Crippen LogP contribution is -2.30. The number of rotatable bonds is 1. The molecule has 0 bridgehead atoms. The van der Waals surface area contributed by atoms with Crippen LogP contribution in [0.3, 0.4) is 0 Å². The van der Waals surface area contributed by atoms with E-state index < -0.39 is 0 Å². The molecule has 0 unspecified atom stereocenters. The third-order valence-corrected chi connectivity index (χ3v) is 3.05. The smallest absolute Gasteiger partial charge is 0.227 e. The van der Waals surface area contributed by atoms with Gasteiger partial charge in [0.1, 0.15) is 0 Å². The van der Waals surface area contributed by atoms with Crippen LogP contribution in [-0.2, 0) is 4.79 Å². The first kappa shape index (κ1) is 11.0. The van der Waals surface area contributed by atoms with Gasteiger partial charge in [-0.15, -0.1) is 0 Å². The van der Waals surface area contributed by atoms with E-state index in [9.17, 15) is 4.79 Å². The second-order valence-electron chi connectivity index (χ2n) is 4.42. The van der Waals surface area contributed by atoms with Crippen LogP contribution < -0.4 is 10.6 Å². The molecule has 0 aliphatic carbocycles. The van der Waals surface area contributed by atoms with Crippen LogP contribution in [0.4, 0.5) is 11.4 Å². The van der Waals surface area contributed by atoms with E-state index in [1.54, 1.807) is 0 Å². The van der Waals surface area contributed by atoms with Gasteiger partial charge in [-0.2, -0.15) is 0 Å². The summed E-state index contributed by atoms with van der Waals surface area (Å²) in [4.78, 5) is 13.8. The summed E-state index contributed by atoms with van der Waals surface area (Å²) in [6.07, 6.45) is 3.85. The van der Waals surface area contributed by atoms with Crippen LogP contribution in [0.1, 0.15) is 31.2 Å². The minimum atomic E-state index is 0.202. The van der Waals surface area contributed by atoms with Crippen molar-refractivity contribution in [3.8, 4) is 0 Å². The molecule has 3 nitrogen and oxygen atoms in total. The van der Waals surface area contributed by atoms with Crippen LogP contribution in [0.2, 0.25) is 0 Å². The summed E-state index contributed by atoms with van der Waals surface area (Å²) in [5, 5.41) is 0. The Kier molecular flexibility index (Phi) is 3.13. The summed E-state index contributed by atoms with van der Waals surface area (Å²) in [5.41, 5.74) is 8.68. The van der Waals surface area contributed by atoms with Crippen LogP contribution >= 0.6 is 0 Å². The van der Waals surface area contributed by atoms with Crippen molar-refractivity contribution in [1.29, 1.82) is 0 Å². The van der Waals surface area contributed by atoms with Gasteiger partial charge in [0.2, 0.25) is 5.91 Å². The minimum absolute atomic E-state index is 0.202. The zero-order valence-corrected chi connectivity index (χ0v) is 9.70. The molecule has 3 heteroatoms. The van der Waals surface area contributed by atoms with Crippen LogP contribution in [0.25, 0.3) is 0 Å². The molecule has 0 spiro atoms. The van der Waals surface area contributed by atoms with Crippen LogP contribution in [0, 0.1) is 6.92 Å². The lowest BCUT2D eigenvalue weighted by Gasteiger charge is -2.22. The number of nitrogen functional groups attached to an aromatic ring is 1. The van der Waals surface area contributed by atoms with Gasteiger partial charge in [0.25, 0.3) is 0 Å². The maximum atomic E-state index is 11.9. The summed E-state index contributed by atoms with van der Waals surface area (Å²) < 4.78 is 0. The lowest BCUT2D eigenvalue weighted by molar-refractivity contribution is -0.118. The number of anilines is 2. The number of benzene rings is 1. The van der Waals surface area contributed by atoms with Crippen molar-refractivity contribution in [3.05, 3.63) is 23.8 Å². The fraction of sp³-hybridized carbons (Fsp3) is 0.462. The fourth-order valence-electron chi connectivity index (χ4n) is 2.16. The molecule has 1 saturated heterocycles. The maximum Gasteiger partial charge on any atom is 0.227 e. The van der Waals surface area contributed by atoms with E-state index in [1.165, 1.54) is 0 Å². The lowest BCUT2D eigenvalue weighted by atomic mass is 10.1. The molecular weight excluding hydrogens is 200 g/mol. The van der Waals surface area contributed by atoms with Crippen LogP contribution in [0.15, 0.2) is 18.2 Å². The summed E-state index contributed by atoms with van der Waals surface area (Å²) in [7, 11) is 0. The van der Waals surface area contributed by atoms with Gasteiger partial charge in [0, 0.05) is 13.0 Å². The number of hydrogen-bond acceptors (Lipinski definition) is 2. The molecule has 1 aliphatic heterocycles. The summed E-state index contributed by atoms with van der Waals surface area (Å²) in [6, 6.07) is 5.88. The normalized spacial score (nSPS) is 17.3. The number of carbonyl (C=O) groups is 1. The van der Waals surface area contributed by atoms with Crippen molar-refractivity contribution in [2.45, 2.75) is 32.6 Å². The Bertz CT molecular complexity index is 401. The number of carbonyl (C=O) groups excluding carboxylic acids is 1. The minimum Gasteiger partial charge on any atom is -0.397 e. The zero-order chi connectivity index (χ0) is 11.5. The van der Waals surface area contributed by atoms with Gasteiger partial charge in [-0.05, 0) is 37.5 Å². The second-order valence-corrected chi connectivity index (χ2v) is 4.42. The highest BCUT2D eigenvalue weighted by molar-refractivity contribution is 5.96. The Morgan fingerprint density at radius 3 is 2.81 bits per heavy atom. The highest BCUT2D eigenvalue weighted by atomic mass is 16.2. The van der Waals surface area contributed by atoms with E-state index in [-0.39, 0.29) is 5.91 Å². The summed E-state index contributed by atoms with van der Waals surface area (Å²) in [5.74, 6) is 0.202. The number of aryl methyl sites for hydroxylation is 1. The van der Waals surface area contributed by atoms with E-state index in [1.807, 2.05) is 30.0 Å². The molecule has 2 N–H and O–H groups in total. The van der Waals surface area contributed by atoms with Crippen molar-refractivity contribution in [2.24, 2.45) is 0 Å². The quantitative estimate of drug-likeness (QED) is 0.736. The molecule has 0 radical (unpaired) electrons. The predicted octanol–water partition coefficient (Wildman–Crippen LogP) is 2.48. The van der Waals surface area contributed by atoms with Gasteiger partial charge < -0.3 is 10.6 Å². The van der Waals surface area contributed by atoms with Gasteiger partial charge in [-0.1, -0.05) is 12.5 Å². The van der Waals surface area contributed by atoms with Crippen molar-refractivity contribution >= 4 is 17.3 Å². The molecule has 0 atom stereocenters. The first-order valence-corrected chi connectivity index (χ1v) is 5.85. The SMILES string of the molecule is Cc1ccc(N2CCCCCC2=O)c(N)c1. The highest BCUT2D eigenvalue weighted by Crippen LogP contribution is 2.27. The van der Waals surface area contributed by atoms with Crippen molar-refractivity contribution in [3.63, 3.8) is 0 Å². The molecule has 1 aromatic carbocycles. The van der Waals surface area contributed by atoms with E-state index in [4.69, 9.17) is 5.73 Å². The van der Waals surface area contributed by atoms with E-state index >= 15 is 0 Å².